The van der Waals surface area contributed by atoms with Gasteiger partial charge < -0.3 is 11.1 Å². The number of halogens is 3. The third-order valence-corrected chi connectivity index (χ3v) is 4.18. The summed E-state index contributed by atoms with van der Waals surface area (Å²) in [5, 5.41) is 7.17. The van der Waals surface area contributed by atoms with Crippen LogP contribution in [0.1, 0.15) is 41.5 Å². The van der Waals surface area contributed by atoms with E-state index in [-0.39, 0.29) is 24.4 Å². The molecule has 2 aromatic rings. The first-order chi connectivity index (χ1) is 11.5. The summed E-state index contributed by atoms with van der Waals surface area (Å²) in [6.07, 6.45) is 3.11. The number of hydrogen-bond acceptors (Lipinski definition) is 3. The van der Waals surface area contributed by atoms with Gasteiger partial charge in [-0.3, -0.25) is 4.79 Å². The normalized spacial score (nSPS) is 13.9. The predicted octanol–water partition coefficient (Wildman–Crippen LogP) is 2.53. The molecule has 5 nitrogen and oxygen atoms in total. The molecule has 0 spiro atoms. The Bertz CT molecular complexity index is 776. The molecule has 0 saturated carbocycles. The number of nitrogens with zero attached hydrogens (tertiary/aromatic N) is 2. The molecule has 3 N–H and O–H groups in total. The fourth-order valence-corrected chi connectivity index (χ4v) is 2.95. The fraction of sp³-hybridized carbons (Fsp3) is 0.412. The highest BCUT2D eigenvalue weighted by molar-refractivity contribution is 5.94. The molecule has 3 rings (SSSR count). The van der Waals surface area contributed by atoms with Crippen molar-refractivity contribution in [2.24, 2.45) is 5.73 Å². The third-order valence-electron chi connectivity index (χ3n) is 4.18. The minimum atomic E-state index is -0.933. The lowest BCUT2D eigenvalue weighted by molar-refractivity contribution is 0.0946. The van der Waals surface area contributed by atoms with Gasteiger partial charge in [0.2, 0.25) is 0 Å². The maximum atomic E-state index is 13.5. The van der Waals surface area contributed by atoms with Crippen LogP contribution in [0.2, 0.25) is 0 Å². The van der Waals surface area contributed by atoms with E-state index in [1.54, 1.807) is 4.68 Å². The van der Waals surface area contributed by atoms with E-state index in [1.807, 2.05) is 6.92 Å². The molecule has 0 fully saturated rings. The van der Waals surface area contributed by atoms with Gasteiger partial charge in [0.15, 0.2) is 17.3 Å². The van der Waals surface area contributed by atoms with Gasteiger partial charge in [-0.1, -0.05) is 0 Å². The molecule has 25 heavy (non-hydrogen) atoms. The number of carbonyl (C=O) groups is 1. The minimum Gasteiger partial charge on any atom is -0.351 e. The third kappa shape index (κ3) is 3.99. The first-order valence-electron chi connectivity index (χ1n) is 8.07. The van der Waals surface area contributed by atoms with Crippen molar-refractivity contribution in [2.45, 2.75) is 38.6 Å². The number of hydrogen-bond donors (Lipinski definition) is 2. The zero-order valence-electron chi connectivity index (χ0n) is 13.9. The molecule has 1 atom stereocenters. The number of rotatable bonds is 5. The van der Waals surface area contributed by atoms with Crippen molar-refractivity contribution in [1.29, 1.82) is 0 Å². The van der Waals surface area contributed by atoms with Crippen molar-refractivity contribution in [1.82, 2.24) is 15.1 Å². The van der Waals surface area contributed by atoms with Crippen LogP contribution in [-0.4, -0.2) is 28.3 Å². The van der Waals surface area contributed by atoms with E-state index < -0.39 is 11.6 Å². The maximum Gasteiger partial charge on any atom is 0.272 e. The summed E-state index contributed by atoms with van der Waals surface area (Å²) >= 11 is 0. The number of carbonyl (C=O) groups excluding carboxylic acids is 1. The molecule has 1 unspecified atom stereocenters. The number of fused-ring (bicyclic) bond motifs is 1. The van der Waals surface area contributed by atoms with Crippen molar-refractivity contribution in [3.63, 3.8) is 0 Å². The van der Waals surface area contributed by atoms with Gasteiger partial charge in [0.1, 0.15) is 0 Å². The van der Waals surface area contributed by atoms with Gasteiger partial charge in [-0.25, -0.2) is 13.5 Å². The Morgan fingerprint density at radius 1 is 1.36 bits per heavy atom. The summed E-state index contributed by atoms with van der Waals surface area (Å²) in [7, 11) is 0. The Morgan fingerprint density at radius 2 is 2.12 bits per heavy atom. The highest BCUT2D eigenvalue weighted by Gasteiger charge is 2.27. The molecule has 1 aromatic heterocycles. The number of nitrogens with two attached hydrogens (primary N) is 1. The largest absolute Gasteiger partial charge is 0.351 e. The summed E-state index contributed by atoms with van der Waals surface area (Å²) in [4.78, 5) is 12.4. The zero-order chi connectivity index (χ0) is 17.3. The van der Waals surface area contributed by atoms with E-state index in [4.69, 9.17) is 5.73 Å². The molecule has 1 amide bonds. The molecule has 1 aliphatic rings. The Kier molecular flexibility index (Phi) is 6.13. The van der Waals surface area contributed by atoms with Crippen LogP contribution >= 0.6 is 12.4 Å². The molecular formula is C17H21ClF2N4O. The molecule has 1 aliphatic carbocycles. The van der Waals surface area contributed by atoms with E-state index in [9.17, 15) is 13.6 Å². The van der Waals surface area contributed by atoms with Gasteiger partial charge in [-0.2, -0.15) is 5.10 Å². The summed E-state index contributed by atoms with van der Waals surface area (Å²) in [6.45, 7) is 2.35. The van der Waals surface area contributed by atoms with Crippen molar-refractivity contribution < 1.29 is 13.6 Å². The van der Waals surface area contributed by atoms with E-state index in [0.717, 1.165) is 42.7 Å². The zero-order valence-corrected chi connectivity index (χ0v) is 14.7. The Balaban J connectivity index is 0.00000225. The van der Waals surface area contributed by atoms with E-state index >= 15 is 0 Å². The second-order valence-corrected chi connectivity index (χ2v) is 6.16. The van der Waals surface area contributed by atoms with Crippen LogP contribution in [0, 0.1) is 11.6 Å². The predicted molar refractivity (Wildman–Crippen MR) is 93.4 cm³/mol. The molecule has 0 aliphatic heterocycles. The highest BCUT2D eigenvalue weighted by atomic mass is 35.5. The first kappa shape index (κ1) is 19.3. The topological polar surface area (TPSA) is 72.9 Å². The van der Waals surface area contributed by atoms with Gasteiger partial charge in [0, 0.05) is 29.9 Å². The lowest BCUT2D eigenvalue weighted by atomic mass is 10.2. The average molecular weight is 371 g/mol. The highest BCUT2D eigenvalue weighted by Crippen LogP contribution is 2.28. The average Bonchev–Trinajstić information content (AvgIpc) is 3.11. The Morgan fingerprint density at radius 3 is 2.80 bits per heavy atom. The minimum absolute atomic E-state index is 0. The monoisotopic (exact) mass is 370 g/mol. The van der Waals surface area contributed by atoms with Crippen LogP contribution in [0.3, 0.4) is 0 Å². The van der Waals surface area contributed by atoms with Gasteiger partial charge in [0.25, 0.3) is 5.91 Å². The van der Waals surface area contributed by atoms with E-state index in [0.29, 0.717) is 24.3 Å². The Hall–Kier alpha value is -1.99. The Labute approximate surface area is 151 Å². The maximum absolute atomic E-state index is 13.5. The van der Waals surface area contributed by atoms with Crippen LogP contribution in [0.15, 0.2) is 18.2 Å². The molecule has 0 radical (unpaired) electrons. The molecule has 1 heterocycles. The molecule has 8 heteroatoms. The molecule has 1 aromatic carbocycles. The number of benzene rings is 1. The van der Waals surface area contributed by atoms with Gasteiger partial charge in [-0.15, -0.1) is 12.4 Å². The lowest BCUT2D eigenvalue weighted by Gasteiger charge is -2.07. The second-order valence-electron chi connectivity index (χ2n) is 6.16. The van der Waals surface area contributed by atoms with E-state index in [1.165, 1.54) is 6.07 Å². The second kappa shape index (κ2) is 7.93. The summed E-state index contributed by atoms with van der Waals surface area (Å²) in [5.41, 5.74) is 8.23. The molecule has 0 saturated heterocycles. The molecular weight excluding hydrogens is 350 g/mol. The number of nitrogens with one attached hydrogen (secondary N) is 1. The molecule has 136 valence electrons. The van der Waals surface area contributed by atoms with Crippen molar-refractivity contribution in [3.05, 3.63) is 46.8 Å². The van der Waals surface area contributed by atoms with Crippen molar-refractivity contribution >= 4 is 18.3 Å². The van der Waals surface area contributed by atoms with E-state index in [2.05, 4.69) is 10.4 Å². The van der Waals surface area contributed by atoms with Crippen molar-refractivity contribution in [2.75, 3.05) is 6.54 Å². The van der Waals surface area contributed by atoms with Crippen LogP contribution < -0.4 is 11.1 Å². The smallest absolute Gasteiger partial charge is 0.272 e. The van der Waals surface area contributed by atoms with Crippen LogP contribution in [0.5, 0.6) is 0 Å². The van der Waals surface area contributed by atoms with Gasteiger partial charge in [0.05, 0.1) is 5.69 Å². The van der Waals surface area contributed by atoms with Crippen LogP contribution in [0.4, 0.5) is 8.78 Å². The van der Waals surface area contributed by atoms with Gasteiger partial charge >= 0.3 is 0 Å². The summed E-state index contributed by atoms with van der Waals surface area (Å²) in [5.74, 6) is -2.09. The number of amides is 1. The standard InChI is InChI=1S/C17H20F2N4O.ClH/c1-10(20)7-8-21-17(24)16-12-3-2-4-15(12)23(22-16)11-5-6-13(18)14(19)9-11;/h5-6,9-10H,2-4,7-8,20H2,1H3,(H,21,24);1H. The van der Waals surface area contributed by atoms with Crippen LogP contribution in [0.25, 0.3) is 5.69 Å². The quantitative estimate of drug-likeness (QED) is 0.849. The summed E-state index contributed by atoms with van der Waals surface area (Å²) < 4.78 is 28.2. The first-order valence-corrected chi connectivity index (χ1v) is 8.07. The number of aromatic nitrogens is 2. The van der Waals surface area contributed by atoms with Gasteiger partial charge in [-0.05, 0) is 44.7 Å². The van der Waals surface area contributed by atoms with Crippen molar-refractivity contribution in [3.8, 4) is 5.69 Å². The van der Waals surface area contributed by atoms with Crippen LogP contribution in [-0.2, 0) is 12.8 Å². The fourth-order valence-electron chi connectivity index (χ4n) is 2.95. The lowest BCUT2D eigenvalue weighted by Crippen LogP contribution is -2.29. The SMILES string of the molecule is CC(N)CCNC(=O)c1nn(-c2ccc(F)c(F)c2)c2c1CCC2.Cl. The molecule has 0 bridgehead atoms. The summed E-state index contributed by atoms with van der Waals surface area (Å²) in [6, 6.07) is 3.63.